The van der Waals surface area contributed by atoms with Crippen LogP contribution in [0, 0.1) is 0 Å². The molecule has 0 rings (SSSR count). The van der Waals surface area contributed by atoms with Crippen molar-refractivity contribution in [2.24, 2.45) is 0 Å². The van der Waals surface area contributed by atoms with Gasteiger partial charge in [0.25, 0.3) is 0 Å². The number of rotatable bonds is 24. The highest BCUT2D eigenvalue weighted by atomic mass is 35.5. The van der Waals surface area contributed by atoms with Crippen molar-refractivity contribution in [2.75, 3.05) is 85.0 Å². The molecule has 12 nitrogen and oxygen atoms in total. The van der Waals surface area contributed by atoms with Crippen LogP contribution in [-0.4, -0.2) is 109 Å². The van der Waals surface area contributed by atoms with E-state index in [1.165, 1.54) is 6.92 Å². The lowest BCUT2D eigenvalue weighted by atomic mass is 10.2. The summed E-state index contributed by atoms with van der Waals surface area (Å²) in [6.45, 7) is 6.79. The third-order valence-electron chi connectivity index (χ3n) is 4.25. The highest BCUT2D eigenvalue weighted by molar-refractivity contribution is 6.17. The molecule has 13 heteroatoms. The van der Waals surface area contributed by atoms with E-state index in [0.29, 0.717) is 45.5 Å². The molecular formula is C23H43ClN2O10. The summed E-state index contributed by atoms with van der Waals surface area (Å²) in [7, 11) is 0. The van der Waals surface area contributed by atoms with Crippen LogP contribution in [0.5, 0.6) is 0 Å². The largest absolute Gasteiger partial charge is 0.461 e. The fourth-order valence-corrected chi connectivity index (χ4v) is 2.75. The molecule has 0 aliphatic heterocycles. The molecule has 212 valence electrons. The van der Waals surface area contributed by atoms with Crippen molar-refractivity contribution in [1.29, 1.82) is 0 Å². The van der Waals surface area contributed by atoms with Gasteiger partial charge in [-0.05, 0) is 19.8 Å². The number of hydrogen-bond donors (Lipinski definition) is 2. The van der Waals surface area contributed by atoms with E-state index in [9.17, 15) is 14.4 Å². The van der Waals surface area contributed by atoms with E-state index in [0.717, 1.165) is 32.3 Å². The van der Waals surface area contributed by atoms with E-state index >= 15 is 0 Å². The zero-order valence-corrected chi connectivity index (χ0v) is 22.3. The minimum absolute atomic E-state index is 0.0726. The molecule has 0 radical (unpaired) electrons. The van der Waals surface area contributed by atoms with Gasteiger partial charge in [0, 0.05) is 26.0 Å². The molecule has 0 spiro atoms. The maximum atomic E-state index is 11.5. The van der Waals surface area contributed by atoms with Crippen LogP contribution in [0.2, 0.25) is 0 Å². The van der Waals surface area contributed by atoms with Gasteiger partial charge in [0.05, 0.1) is 52.8 Å². The second-order valence-electron chi connectivity index (χ2n) is 7.55. The number of nitrogens with one attached hydrogen (secondary N) is 2. The lowest BCUT2D eigenvalue weighted by Crippen LogP contribution is -2.33. The summed E-state index contributed by atoms with van der Waals surface area (Å²) >= 11 is 5.62. The van der Waals surface area contributed by atoms with Crippen molar-refractivity contribution in [3.63, 3.8) is 0 Å². The van der Waals surface area contributed by atoms with Crippen molar-refractivity contribution < 1.29 is 47.5 Å². The van der Waals surface area contributed by atoms with Gasteiger partial charge in [-0.15, -0.1) is 11.6 Å². The Morgan fingerprint density at radius 1 is 0.667 bits per heavy atom. The number of hydrogen-bond acceptors (Lipinski definition) is 10. The Bertz CT molecular complexity index is 557. The lowest BCUT2D eigenvalue weighted by Gasteiger charge is -2.13. The number of alkyl carbamates (subject to hydrolysis) is 2. The molecule has 0 bridgehead atoms. The quantitative estimate of drug-likeness (QED) is 0.0807. The van der Waals surface area contributed by atoms with Gasteiger partial charge in [0.1, 0.15) is 19.3 Å². The standard InChI is InChI=1S/C23H43ClN2O10/c1-20(36-21(2)27)19-26-23(29)35-18-16-33-14-13-32-15-17-34-22(28)25-8-10-31-12-11-30-9-6-4-3-5-7-24/h20H,3-19H2,1-2H3,(H,25,28)(H,26,29). The molecule has 36 heavy (non-hydrogen) atoms. The second-order valence-corrected chi connectivity index (χ2v) is 7.93. The van der Waals surface area contributed by atoms with Gasteiger partial charge in [0.15, 0.2) is 0 Å². The highest BCUT2D eigenvalue weighted by Gasteiger charge is 2.08. The van der Waals surface area contributed by atoms with Gasteiger partial charge in [-0.2, -0.15) is 0 Å². The average molecular weight is 543 g/mol. The first-order chi connectivity index (χ1) is 17.5. The maximum Gasteiger partial charge on any atom is 0.407 e. The number of carbonyl (C=O) groups excluding carboxylic acids is 3. The zero-order chi connectivity index (χ0) is 26.7. The summed E-state index contributed by atoms with van der Waals surface area (Å²) in [5.74, 6) is 0.298. The molecule has 1 unspecified atom stereocenters. The fraction of sp³-hybridized carbons (Fsp3) is 0.870. The Hall–Kier alpha value is -1.86. The third kappa shape index (κ3) is 26.7. The number of esters is 1. The topological polar surface area (TPSA) is 140 Å². The van der Waals surface area contributed by atoms with E-state index in [1.807, 2.05) is 0 Å². The minimum atomic E-state index is -0.620. The van der Waals surface area contributed by atoms with E-state index in [4.69, 9.17) is 44.8 Å². The monoisotopic (exact) mass is 542 g/mol. The van der Waals surface area contributed by atoms with Crippen LogP contribution < -0.4 is 10.6 Å². The molecule has 0 aliphatic carbocycles. The molecule has 0 saturated carbocycles. The van der Waals surface area contributed by atoms with E-state index in [2.05, 4.69) is 10.6 Å². The van der Waals surface area contributed by atoms with Crippen LogP contribution in [0.1, 0.15) is 39.5 Å². The number of alkyl halides is 1. The van der Waals surface area contributed by atoms with E-state index < -0.39 is 24.3 Å². The third-order valence-corrected chi connectivity index (χ3v) is 4.52. The molecule has 0 aliphatic rings. The van der Waals surface area contributed by atoms with Gasteiger partial charge >= 0.3 is 18.2 Å². The van der Waals surface area contributed by atoms with Crippen molar-refractivity contribution in [2.45, 2.75) is 45.6 Å². The molecule has 0 aromatic heterocycles. The van der Waals surface area contributed by atoms with Crippen molar-refractivity contribution in [3.8, 4) is 0 Å². The van der Waals surface area contributed by atoms with Crippen molar-refractivity contribution in [3.05, 3.63) is 0 Å². The number of unbranched alkanes of at least 4 members (excludes halogenated alkanes) is 3. The molecule has 0 heterocycles. The molecule has 0 aromatic carbocycles. The van der Waals surface area contributed by atoms with Gasteiger partial charge in [-0.3, -0.25) is 4.79 Å². The summed E-state index contributed by atoms with van der Waals surface area (Å²) in [6, 6.07) is 0. The highest BCUT2D eigenvalue weighted by Crippen LogP contribution is 2.01. The maximum absolute atomic E-state index is 11.5. The summed E-state index contributed by atoms with van der Waals surface area (Å²) in [5.41, 5.74) is 0. The number of carbonyl (C=O) groups is 3. The Morgan fingerprint density at radius 3 is 1.75 bits per heavy atom. The van der Waals surface area contributed by atoms with E-state index in [-0.39, 0.29) is 33.0 Å². The first-order valence-corrected chi connectivity index (χ1v) is 12.8. The summed E-state index contributed by atoms with van der Waals surface area (Å²) in [4.78, 5) is 33.8. The summed E-state index contributed by atoms with van der Waals surface area (Å²) in [5, 5.41) is 5.06. The van der Waals surface area contributed by atoms with Gasteiger partial charge < -0.3 is 43.8 Å². The predicted octanol–water partition coefficient (Wildman–Crippen LogP) is 2.26. The van der Waals surface area contributed by atoms with Crippen LogP contribution >= 0.6 is 11.6 Å². The average Bonchev–Trinajstić information content (AvgIpc) is 2.84. The second kappa shape index (κ2) is 26.2. The first kappa shape index (κ1) is 34.1. The Balaban J connectivity index is 3.30. The molecule has 2 amide bonds. The Morgan fingerprint density at radius 2 is 1.17 bits per heavy atom. The van der Waals surface area contributed by atoms with Crippen molar-refractivity contribution in [1.82, 2.24) is 10.6 Å². The SMILES string of the molecule is CC(=O)OC(C)CNC(=O)OCCOCCOCCOC(=O)NCCOCCOCCCCCCCl. The molecule has 0 saturated heterocycles. The molecular weight excluding hydrogens is 500 g/mol. The van der Waals surface area contributed by atoms with Crippen LogP contribution in [0.3, 0.4) is 0 Å². The van der Waals surface area contributed by atoms with Gasteiger partial charge in [0.2, 0.25) is 0 Å². The zero-order valence-electron chi connectivity index (χ0n) is 21.6. The van der Waals surface area contributed by atoms with E-state index in [1.54, 1.807) is 6.92 Å². The van der Waals surface area contributed by atoms with Crippen LogP contribution in [0.4, 0.5) is 9.59 Å². The first-order valence-electron chi connectivity index (χ1n) is 12.3. The molecule has 0 fully saturated rings. The van der Waals surface area contributed by atoms with Crippen molar-refractivity contribution >= 4 is 29.8 Å². The number of ether oxygens (including phenoxy) is 7. The summed E-state index contributed by atoms with van der Waals surface area (Å²) in [6.07, 6.45) is 2.73. The predicted molar refractivity (Wildman–Crippen MR) is 132 cm³/mol. The van der Waals surface area contributed by atoms with Gasteiger partial charge in [-0.1, -0.05) is 12.8 Å². The molecule has 1 atom stereocenters. The van der Waals surface area contributed by atoms with Crippen LogP contribution in [0.25, 0.3) is 0 Å². The van der Waals surface area contributed by atoms with Gasteiger partial charge in [-0.25, -0.2) is 9.59 Å². The van der Waals surface area contributed by atoms with Crippen LogP contribution in [0.15, 0.2) is 0 Å². The summed E-state index contributed by atoms with van der Waals surface area (Å²) < 4.78 is 36.2. The fourth-order valence-electron chi connectivity index (χ4n) is 2.56. The van der Waals surface area contributed by atoms with Crippen LogP contribution in [-0.2, 0) is 38.0 Å². The molecule has 2 N–H and O–H groups in total. The molecule has 0 aromatic rings. The number of halogens is 1. The Kier molecular flexibility index (Phi) is 24.9. The number of amides is 2. The minimum Gasteiger partial charge on any atom is -0.461 e. The lowest BCUT2D eigenvalue weighted by molar-refractivity contribution is -0.145. The normalized spacial score (nSPS) is 11.5. The smallest absolute Gasteiger partial charge is 0.407 e. The Labute approximate surface area is 218 Å².